The average Bonchev–Trinajstić information content (AvgIpc) is 3.46. The van der Waals surface area contributed by atoms with E-state index in [0.29, 0.717) is 12.0 Å². The molecule has 6 nitrogen and oxygen atoms in total. The second kappa shape index (κ2) is 11.9. The van der Waals surface area contributed by atoms with E-state index in [1.54, 1.807) is 0 Å². The minimum Gasteiger partial charge on any atom is -0.493 e. The summed E-state index contributed by atoms with van der Waals surface area (Å²) in [5.74, 6) is 2.73. The van der Waals surface area contributed by atoms with Crippen molar-refractivity contribution >= 4 is 17.4 Å². The molecular formula is C30H40N4O2. The van der Waals surface area contributed by atoms with Crippen molar-refractivity contribution in [3.05, 3.63) is 53.9 Å². The number of hydrogen-bond donors (Lipinski definition) is 1. The topological polar surface area (TPSA) is 67.4 Å². The van der Waals surface area contributed by atoms with Gasteiger partial charge < -0.3 is 15.0 Å². The lowest BCUT2D eigenvalue weighted by atomic mass is 9.86. The Morgan fingerprint density at radius 3 is 2.39 bits per heavy atom. The molecule has 6 heteroatoms. The number of benzene rings is 1. The summed E-state index contributed by atoms with van der Waals surface area (Å²) in [5, 5.41) is 3.27. The molecule has 0 bridgehead atoms. The fourth-order valence-electron chi connectivity index (χ4n) is 5.70. The number of nitrogens with one attached hydrogen (secondary N) is 1. The summed E-state index contributed by atoms with van der Waals surface area (Å²) in [6.07, 6.45) is 16.9. The maximum Gasteiger partial charge on any atom is 0.225 e. The zero-order chi connectivity index (χ0) is 24.7. The first kappa shape index (κ1) is 24.8. The first-order chi connectivity index (χ1) is 17.7. The van der Waals surface area contributed by atoms with E-state index in [4.69, 9.17) is 4.74 Å². The molecule has 1 saturated carbocycles. The van der Waals surface area contributed by atoms with E-state index in [-0.39, 0.29) is 11.8 Å². The molecule has 3 aliphatic rings. The lowest BCUT2D eigenvalue weighted by molar-refractivity contribution is -0.125. The molecule has 5 rings (SSSR count). The SMILES string of the molecule is CCc1cnc(N2CCC(COc3ccc(C4=CCC(C(=O)NC5CCCC5)CC4)cc3)CC2)nc1. The van der Waals surface area contributed by atoms with Gasteiger partial charge in [-0.15, -0.1) is 0 Å². The molecule has 192 valence electrons. The summed E-state index contributed by atoms with van der Waals surface area (Å²) in [5.41, 5.74) is 3.78. The highest BCUT2D eigenvalue weighted by Crippen LogP contribution is 2.32. The Balaban J connectivity index is 1.05. The van der Waals surface area contributed by atoms with Crippen molar-refractivity contribution in [1.29, 1.82) is 0 Å². The third kappa shape index (κ3) is 6.26. The van der Waals surface area contributed by atoms with Crippen LogP contribution in [-0.2, 0) is 11.2 Å². The number of piperidine rings is 1. The Hall–Kier alpha value is -2.89. The molecule has 2 fully saturated rings. The molecule has 1 aromatic heterocycles. The zero-order valence-electron chi connectivity index (χ0n) is 21.6. The molecule has 1 unspecified atom stereocenters. The fraction of sp³-hybridized carbons (Fsp3) is 0.567. The molecule has 0 spiro atoms. The number of amides is 1. The Bertz CT molecular complexity index is 1020. The molecule has 2 heterocycles. The minimum atomic E-state index is 0.130. The Labute approximate surface area is 215 Å². The molecule has 2 aliphatic carbocycles. The largest absolute Gasteiger partial charge is 0.493 e. The smallest absolute Gasteiger partial charge is 0.225 e. The molecule has 1 aliphatic heterocycles. The Morgan fingerprint density at radius 2 is 1.75 bits per heavy atom. The van der Waals surface area contributed by atoms with Crippen molar-refractivity contribution < 1.29 is 9.53 Å². The Kier molecular flexibility index (Phi) is 8.19. The molecule has 1 saturated heterocycles. The quantitative estimate of drug-likeness (QED) is 0.526. The third-order valence-corrected chi connectivity index (χ3v) is 8.19. The number of carbonyl (C=O) groups is 1. The number of nitrogens with zero attached hydrogens (tertiary/aromatic N) is 3. The summed E-state index contributed by atoms with van der Waals surface area (Å²) in [6, 6.07) is 8.93. The maximum atomic E-state index is 12.6. The molecule has 1 amide bonds. The van der Waals surface area contributed by atoms with Crippen LogP contribution in [-0.4, -0.2) is 41.6 Å². The van der Waals surface area contributed by atoms with Crippen LogP contribution in [0, 0.1) is 11.8 Å². The highest BCUT2D eigenvalue weighted by Gasteiger charge is 2.25. The second-order valence-corrected chi connectivity index (χ2v) is 10.7. The first-order valence-electron chi connectivity index (χ1n) is 14.0. The van der Waals surface area contributed by atoms with Crippen LogP contribution in [0.3, 0.4) is 0 Å². The van der Waals surface area contributed by atoms with Gasteiger partial charge in [-0.3, -0.25) is 4.79 Å². The molecular weight excluding hydrogens is 448 g/mol. The van der Waals surface area contributed by atoms with Crippen molar-refractivity contribution in [2.24, 2.45) is 11.8 Å². The summed E-state index contributed by atoms with van der Waals surface area (Å²) in [6.45, 7) is 4.83. The summed E-state index contributed by atoms with van der Waals surface area (Å²) in [7, 11) is 0. The van der Waals surface area contributed by atoms with Gasteiger partial charge in [0.2, 0.25) is 11.9 Å². The van der Waals surface area contributed by atoms with Crippen molar-refractivity contribution in [3.63, 3.8) is 0 Å². The van der Waals surface area contributed by atoms with Crippen LogP contribution in [0.25, 0.3) is 5.57 Å². The third-order valence-electron chi connectivity index (χ3n) is 8.19. The lowest BCUT2D eigenvalue weighted by Crippen LogP contribution is -2.37. The van der Waals surface area contributed by atoms with Gasteiger partial charge in [0.1, 0.15) is 5.75 Å². The first-order valence-corrected chi connectivity index (χ1v) is 14.0. The van der Waals surface area contributed by atoms with E-state index >= 15 is 0 Å². The number of allylic oxidation sites excluding steroid dienone is 2. The molecule has 0 radical (unpaired) electrons. The minimum absolute atomic E-state index is 0.130. The highest BCUT2D eigenvalue weighted by molar-refractivity contribution is 5.81. The van der Waals surface area contributed by atoms with E-state index < -0.39 is 0 Å². The standard InChI is InChI=1S/C30H40N4O2/c1-2-22-19-31-30(32-20-22)34-17-15-23(16-18-34)21-36-28-13-11-25(12-14-28)24-7-9-26(10-8-24)29(35)33-27-5-3-4-6-27/h7,11-14,19-20,23,26-27H,2-6,8-10,15-18,21H2,1H3,(H,33,35). The number of anilines is 1. The summed E-state index contributed by atoms with van der Waals surface area (Å²) < 4.78 is 6.15. The summed E-state index contributed by atoms with van der Waals surface area (Å²) in [4.78, 5) is 23.9. The van der Waals surface area contributed by atoms with Crippen LogP contribution >= 0.6 is 0 Å². The fourth-order valence-corrected chi connectivity index (χ4v) is 5.70. The van der Waals surface area contributed by atoms with Crippen LogP contribution < -0.4 is 15.0 Å². The predicted octanol–water partition coefficient (Wildman–Crippen LogP) is 5.58. The Morgan fingerprint density at radius 1 is 1.03 bits per heavy atom. The van der Waals surface area contributed by atoms with Crippen LogP contribution in [0.4, 0.5) is 5.95 Å². The number of carbonyl (C=O) groups excluding carboxylic acids is 1. The van der Waals surface area contributed by atoms with E-state index in [0.717, 1.165) is 82.8 Å². The number of aryl methyl sites for hydroxylation is 1. The molecule has 2 aromatic rings. The van der Waals surface area contributed by atoms with Crippen molar-refractivity contribution in [2.75, 3.05) is 24.6 Å². The van der Waals surface area contributed by atoms with Crippen molar-refractivity contribution in [2.45, 2.75) is 77.2 Å². The number of aromatic nitrogens is 2. The van der Waals surface area contributed by atoms with Gasteiger partial charge in [0.15, 0.2) is 0 Å². The van der Waals surface area contributed by atoms with Gasteiger partial charge in [-0.2, -0.15) is 0 Å². The van der Waals surface area contributed by atoms with Gasteiger partial charge in [0.05, 0.1) is 6.61 Å². The van der Waals surface area contributed by atoms with Gasteiger partial charge in [-0.25, -0.2) is 9.97 Å². The van der Waals surface area contributed by atoms with Crippen LogP contribution in [0.1, 0.15) is 75.8 Å². The predicted molar refractivity (Wildman–Crippen MR) is 144 cm³/mol. The van der Waals surface area contributed by atoms with Gasteiger partial charge >= 0.3 is 0 Å². The maximum absolute atomic E-state index is 12.6. The second-order valence-electron chi connectivity index (χ2n) is 10.7. The van der Waals surface area contributed by atoms with Crippen LogP contribution in [0.15, 0.2) is 42.7 Å². The van der Waals surface area contributed by atoms with Gasteiger partial charge in [-0.05, 0) is 86.1 Å². The average molecular weight is 489 g/mol. The number of hydrogen-bond acceptors (Lipinski definition) is 5. The van der Waals surface area contributed by atoms with E-state index in [1.807, 2.05) is 12.4 Å². The number of rotatable bonds is 8. The van der Waals surface area contributed by atoms with Gasteiger partial charge in [-0.1, -0.05) is 38.0 Å². The molecule has 1 aromatic carbocycles. The van der Waals surface area contributed by atoms with Crippen molar-refractivity contribution in [3.8, 4) is 5.75 Å². The van der Waals surface area contributed by atoms with Crippen molar-refractivity contribution in [1.82, 2.24) is 15.3 Å². The lowest BCUT2D eigenvalue weighted by Gasteiger charge is -2.31. The highest BCUT2D eigenvalue weighted by atomic mass is 16.5. The van der Waals surface area contributed by atoms with Gasteiger partial charge in [0.25, 0.3) is 0 Å². The molecule has 1 N–H and O–H groups in total. The van der Waals surface area contributed by atoms with E-state index in [2.05, 4.69) is 57.4 Å². The van der Waals surface area contributed by atoms with Crippen LogP contribution in [0.5, 0.6) is 5.75 Å². The number of ether oxygens (including phenoxy) is 1. The van der Waals surface area contributed by atoms with E-state index in [9.17, 15) is 4.79 Å². The summed E-state index contributed by atoms with van der Waals surface area (Å²) >= 11 is 0. The van der Waals surface area contributed by atoms with E-state index in [1.165, 1.54) is 29.5 Å². The normalized spacial score (nSPS) is 21.3. The zero-order valence-corrected chi connectivity index (χ0v) is 21.6. The molecule has 36 heavy (non-hydrogen) atoms. The van der Waals surface area contributed by atoms with Gasteiger partial charge in [0, 0.05) is 37.4 Å². The monoisotopic (exact) mass is 488 g/mol. The van der Waals surface area contributed by atoms with Crippen LogP contribution in [0.2, 0.25) is 0 Å². The molecule has 1 atom stereocenters.